The van der Waals surface area contributed by atoms with E-state index in [1.807, 2.05) is 0 Å². The summed E-state index contributed by atoms with van der Waals surface area (Å²) in [4.78, 5) is 61.7. The zero-order chi connectivity index (χ0) is 26.8. The van der Waals surface area contributed by atoms with Crippen LogP contribution in [0.25, 0.3) is 0 Å². The Labute approximate surface area is 200 Å². The van der Waals surface area contributed by atoms with Crippen molar-refractivity contribution in [1.82, 2.24) is 0 Å². The van der Waals surface area contributed by atoms with Crippen LogP contribution in [-0.4, -0.2) is 85.0 Å². The standard InChI is InChI=1S/C23H28O12/c1-13(24)21(30)18(12-33-16(4)27)35-20(29,22(31,14(2)25)23(21,32)15(3)26)10-19(28)34-11-17-8-6-5-7-9-17/h5-9,18,29-32H,10-12H2,1-4H3/t18-,20?,21+,22+,23+/m1/s1. The molecule has 1 unspecified atom stereocenters. The average Bonchev–Trinajstić information content (AvgIpc) is 2.77. The second-order valence-electron chi connectivity index (χ2n) is 8.37. The summed E-state index contributed by atoms with van der Waals surface area (Å²) in [6.07, 6.45) is -3.51. The lowest BCUT2D eigenvalue weighted by atomic mass is 9.58. The number of aliphatic hydroxyl groups is 4. The van der Waals surface area contributed by atoms with Crippen molar-refractivity contribution in [3.05, 3.63) is 35.9 Å². The summed E-state index contributed by atoms with van der Waals surface area (Å²) < 4.78 is 15.1. The predicted molar refractivity (Wildman–Crippen MR) is 114 cm³/mol. The van der Waals surface area contributed by atoms with E-state index in [-0.39, 0.29) is 6.61 Å². The molecule has 1 saturated heterocycles. The zero-order valence-electron chi connectivity index (χ0n) is 19.6. The van der Waals surface area contributed by atoms with Gasteiger partial charge in [-0.05, 0) is 26.3 Å². The molecule has 0 spiro atoms. The molecule has 0 saturated carbocycles. The number of carbonyl (C=O) groups excluding carboxylic acids is 5. The van der Waals surface area contributed by atoms with Gasteiger partial charge in [-0.25, -0.2) is 0 Å². The molecule has 12 heteroatoms. The van der Waals surface area contributed by atoms with Crippen LogP contribution in [0.3, 0.4) is 0 Å². The number of ether oxygens (including phenoxy) is 3. The van der Waals surface area contributed by atoms with Gasteiger partial charge in [0.1, 0.15) is 25.7 Å². The quantitative estimate of drug-likeness (QED) is 0.297. The topological polar surface area (TPSA) is 194 Å². The Morgan fingerprint density at radius 2 is 1.37 bits per heavy atom. The lowest BCUT2D eigenvalue weighted by Gasteiger charge is -2.60. The van der Waals surface area contributed by atoms with Gasteiger partial charge in [0.05, 0.1) is 0 Å². The average molecular weight is 496 g/mol. The molecule has 0 aliphatic carbocycles. The van der Waals surface area contributed by atoms with Gasteiger partial charge < -0.3 is 34.6 Å². The van der Waals surface area contributed by atoms with Gasteiger partial charge in [-0.2, -0.15) is 0 Å². The SMILES string of the molecule is CC(=O)OC[C@H]1OC(O)(CC(=O)OCc2ccccc2)[C@@](O)(C(C)=O)[C@](O)(C(C)=O)[C@]1(O)C(C)=O. The number of ketones is 3. The van der Waals surface area contributed by atoms with Gasteiger partial charge in [-0.1, -0.05) is 30.3 Å². The summed E-state index contributed by atoms with van der Waals surface area (Å²) in [5.41, 5.74) is -10.3. The summed E-state index contributed by atoms with van der Waals surface area (Å²) in [7, 11) is 0. The van der Waals surface area contributed by atoms with Crippen molar-refractivity contribution in [2.45, 2.75) is 69.4 Å². The van der Waals surface area contributed by atoms with Crippen molar-refractivity contribution >= 4 is 29.3 Å². The summed E-state index contributed by atoms with van der Waals surface area (Å²) in [6.45, 7) is 1.69. The highest BCUT2D eigenvalue weighted by atomic mass is 16.7. The number of hydrogen-bond donors (Lipinski definition) is 4. The Bertz CT molecular complexity index is 1020. The fraction of sp³-hybridized carbons (Fsp3) is 0.522. The number of carbonyl (C=O) groups is 5. The van der Waals surface area contributed by atoms with Gasteiger partial charge in [0.15, 0.2) is 23.0 Å². The molecule has 2 rings (SSSR count). The van der Waals surface area contributed by atoms with Crippen molar-refractivity contribution in [3.63, 3.8) is 0 Å². The molecule has 1 aliphatic rings. The lowest BCUT2D eigenvalue weighted by molar-refractivity contribution is -0.407. The van der Waals surface area contributed by atoms with E-state index < -0.39 is 71.0 Å². The Hall–Kier alpha value is -3.03. The van der Waals surface area contributed by atoms with Crippen LogP contribution in [-0.2, 0) is 44.8 Å². The Morgan fingerprint density at radius 1 is 0.829 bits per heavy atom. The maximum atomic E-state index is 12.7. The molecule has 1 fully saturated rings. The maximum Gasteiger partial charge on any atom is 0.311 e. The third kappa shape index (κ3) is 4.50. The largest absolute Gasteiger partial charge is 0.463 e. The molecular formula is C23H28O12. The smallest absolute Gasteiger partial charge is 0.311 e. The van der Waals surface area contributed by atoms with E-state index in [9.17, 15) is 44.4 Å². The Kier molecular flexibility index (Phi) is 7.99. The summed E-state index contributed by atoms with van der Waals surface area (Å²) >= 11 is 0. The van der Waals surface area contributed by atoms with Crippen LogP contribution in [0.1, 0.15) is 39.7 Å². The number of Topliss-reactive ketones (excluding diaryl/α,β-unsaturated/α-hetero) is 3. The lowest BCUT2D eigenvalue weighted by Crippen LogP contribution is -2.89. The van der Waals surface area contributed by atoms with Crippen molar-refractivity contribution in [3.8, 4) is 0 Å². The van der Waals surface area contributed by atoms with Crippen LogP contribution in [0.2, 0.25) is 0 Å². The van der Waals surface area contributed by atoms with Gasteiger partial charge >= 0.3 is 11.9 Å². The molecule has 0 amide bonds. The Morgan fingerprint density at radius 3 is 1.83 bits per heavy atom. The number of benzene rings is 1. The van der Waals surface area contributed by atoms with Crippen LogP contribution in [0.15, 0.2) is 30.3 Å². The third-order valence-electron chi connectivity index (χ3n) is 6.06. The Balaban J connectivity index is 2.60. The highest BCUT2D eigenvalue weighted by molar-refractivity contribution is 6.05. The van der Waals surface area contributed by atoms with E-state index >= 15 is 0 Å². The third-order valence-corrected chi connectivity index (χ3v) is 6.06. The first-order chi connectivity index (χ1) is 16.1. The molecule has 0 aromatic heterocycles. The molecule has 5 atom stereocenters. The van der Waals surface area contributed by atoms with Crippen LogP contribution < -0.4 is 0 Å². The molecule has 0 radical (unpaired) electrons. The second-order valence-corrected chi connectivity index (χ2v) is 8.37. The van der Waals surface area contributed by atoms with Crippen LogP contribution in [0.4, 0.5) is 0 Å². The number of rotatable bonds is 9. The van der Waals surface area contributed by atoms with E-state index in [0.29, 0.717) is 19.4 Å². The fourth-order valence-electron chi connectivity index (χ4n) is 4.23. The summed E-state index contributed by atoms with van der Waals surface area (Å²) in [5, 5.41) is 45.3. The fourth-order valence-corrected chi connectivity index (χ4v) is 4.23. The monoisotopic (exact) mass is 496 g/mol. The minimum atomic E-state index is -3.73. The number of hydrogen-bond acceptors (Lipinski definition) is 12. The molecule has 35 heavy (non-hydrogen) atoms. The first-order valence-corrected chi connectivity index (χ1v) is 10.5. The first kappa shape index (κ1) is 28.2. The highest BCUT2D eigenvalue weighted by Gasteiger charge is 2.82. The molecule has 0 bridgehead atoms. The molecule has 1 aromatic carbocycles. The van der Waals surface area contributed by atoms with E-state index in [4.69, 9.17) is 14.2 Å². The van der Waals surface area contributed by atoms with Crippen molar-refractivity contribution in [2.24, 2.45) is 0 Å². The molecule has 1 aromatic rings. The van der Waals surface area contributed by atoms with E-state index in [2.05, 4.69) is 0 Å². The maximum absolute atomic E-state index is 12.7. The molecule has 1 heterocycles. The summed E-state index contributed by atoms with van der Waals surface area (Å²) in [6, 6.07) is 8.32. The van der Waals surface area contributed by atoms with Crippen molar-refractivity contribution in [1.29, 1.82) is 0 Å². The van der Waals surface area contributed by atoms with E-state index in [0.717, 1.165) is 13.8 Å². The van der Waals surface area contributed by atoms with Crippen molar-refractivity contribution < 1.29 is 58.6 Å². The zero-order valence-corrected chi connectivity index (χ0v) is 19.6. The molecule has 4 N–H and O–H groups in total. The van der Waals surface area contributed by atoms with Gasteiger partial charge in [-0.15, -0.1) is 0 Å². The molecule has 192 valence electrons. The van der Waals surface area contributed by atoms with E-state index in [1.54, 1.807) is 30.3 Å². The minimum Gasteiger partial charge on any atom is -0.463 e. The molecule has 12 nitrogen and oxygen atoms in total. The van der Waals surface area contributed by atoms with Gasteiger partial charge in [-0.3, -0.25) is 24.0 Å². The highest BCUT2D eigenvalue weighted by Crippen LogP contribution is 2.51. The van der Waals surface area contributed by atoms with Gasteiger partial charge in [0.25, 0.3) is 0 Å². The van der Waals surface area contributed by atoms with Crippen LogP contribution >= 0.6 is 0 Å². The van der Waals surface area contributed by atoms with Gasteiger partial charge in [0, 0.05) is 6.92 Å². The van der Waals surface area contributed by atoms with Crippen molar-refractivity contribution in [2.75, 3.05) is 6.61 Å². The second kappa shape index (κ2) is 9.91. The van der Waals surface area contributed by atoms with Gasteiger partial charge in [0.2, 0.25) is 17.0 Å². The minimum absolute atomic E-state index is 0.278. The summed E-state index contributed by atoms with van der Waals surface area (Å²) in [5.74, 6) is -9.95. The molecule has 1 aliphatic heterocycles. The van der Waals surface area contributed by atoms with E-state index in [1.165, 1.54) is 0 Å². The normalized spacial score (nSPS) is 32.4. The molecular weight excluding hydrogens is 468 g/mol. The predicted octanol–water partition coefficient (Wildman–Crippen LogP) is -1.27. The number of esters is 2. The van der Waals surface area contributed by atoms with Crippen LogP contribution in [0, 0.1) is 0 Å². The first-order valence-electron chi connectivity index (χ1n) is 10.5. The van der Waals surface area contributed by atoms with Crippen LogP contribution in [0.5, 0.6) is 0 Å².